The van der Waals surface area contributed by atoms with Crippen molar-refractivity contribution in [3.8, 4) is 22.7 Å². The Labute approximate surface area is 241 Å². The minimum Gasteiger partial charge on any atom is -0.494 e. The molecule has 0 spiro atoms. The highest BCUT2D eigenvalue weighted by Crippen LogP contribution is 2.36. The number of hydrogen-bond acceptors (Lipinski definition) is 10. The second-order valence-electron chi connectivity index (χ2n) is 10.2. The quantitative estimate of drug-likeness (QED) is 0.270. The van der Waals surface area contributed by atoms with Crippen molar-refractivity contribution in [2.45, 2.75) is 12.6 Å². The summed E-state index contributed by atoms with van der Waals surface area (Å²) in [6.07, 6.45) is 7.18. The number of amides is 1. The summed E-state index contributed by atoms with van der Waals surface area (Å²) in [5, 5.41) is 9.90. The topological polar surface area (TPSA) is 149 Å². The van der Waals surface area contributed by atoms with E-state index in [1.54, 1.807) is 58.3 Å². The van der Waals surface area contributed by atoms with Crippen molar-refractivity contribution < 1.29 is 22.7 Å². The standard InChI is InChI=1S/C27H29N9O5S/c1-33(2)15-18-16-34(27(37)41-18)26-20-13-29-21(19-14-30-35-9-5-8-28-25(19)35)11-23(20)36(32-26)22-7-6-17(10-24(22)40-3)12-31-42(4,38)39/h5-11,13-14,18,31H,12,15-16H2,1-4H3/t18-/m1/s1. The van der Waals surface area contributed by atoms with E-state index in [9.17, 15) is 13.2 Å². The third-order valence-corrected chi connectivity index (χ3v) is 7.48. The van der Waals surface area contributed by atoms with Gasteiger partial charge in [-0.1, -0.05) is 6.07 Å². The van der Waals surface area contributed by atoms with Crippen molar-refractivity contribution in [1.82, 2.24) is 39.0 Å². The lowest BCUT2D eigenvalue weighted by Crippen LogP contribution is -2.30. The molecule has 1 fully saturated rings. The smallest absolute Gasteiger partial charge is 0.416 e. The Kier molecular flexibility index (Phi) is 7.00. The first-order chi connectivity index (χ1) is 20.1. The maximum Gasteiger partial charge on any atom is 0.416 e. The van der Waals surface area contributed by atoms with E-state index in [2.05, 4.69) is 14.8 Å². The molecule has 0 unspecified atom stereocenters. The van der Waals surface area contributed by atoms with E-state index in [4.69, 9.17) is 19.6 Å². The predicted molar refractivity (Wildman–Crippen MR) is 155 cm³/mol. The normalized spacial score (nSPS) is 15.7. The first kappa shape index (κ1) is 27.6. The minimum absolute atomic E-state index is 0.100. The molecule has 5 heterocycles. The third kappa shape index (κ3) is 5.24. The highest BCUT2D eigenvalue weighted by Gasteiger charge is 2.36. The number of sulfonamides is 1. The fourth-order valence-electron chi connectivity index (χ4n) is 4.95. The largest absolute Gasteiger partial charge is 0.494 e. The van der Waals surface area contributed by atoms with Crippen molar-refractivity contribution in [2.24, 2.45) is 0 Å². The summed E-state index contributed by atoms with van der Waals surface area (Å²) in [6.45, 7) is 1.00. The number of nitrogens with one attached hydrogen (secondary N) is 1. The van der Waals surface area contributed by atoms with Crippen LogP contribution in [0, 0.1) is 0 Å². The molecule has 42 heavy (non-hydrogen) atoms. The van der Waals surface area contributed by atoms with E-state index in [0.29, 0.717) is 58.2 Å². The van der Waals surface area contributed by atoms with Gasteiger partial charge in [-0.15, -0.1) is 5.10 Å². The molecule has 1 aliphatic heterocycles. The highest BCUT2D eigenvalue weighted by molar-refractivity contribution is 7.88. The molecule has 0 radical (unpaired) electrons. The van der Waals surface area contributed by atoms with Gasteiger partial charge in [0, 0.05) is 31.7 Å². The summed E-state index contributed by atoms with van der Waals surface area (Å²) >= 11 is 0. The SMILES string of the molecule is COc1cc(CNS(C)(=O)=O)ccc1-n1nc(N2C[C@@H](CN(C)C)OC2=O)c2cnc(-c3cnn4cccnc34)cc21. The predicted octanol–water partition coefficient (Wildman–Crippen LogP) is 2.07. The maximum absolute atomic E-state index is 13.0. The molecule has 1 atom stereocenters. The van der Waals surface area contributed by atoms with Crippen molar-refractivity contribution in [1.29, 1.82) is 0 Å². The Hall–Kier alpha value is -4.60. The van der Waals surface area contributed by atoms with Crippen LogP contribution in [0.25, 0.3) is 33.5 Å². The van der Waals surface area contributed by atoms with Gasteiger partial charge >= 0.3 is 6.09 Å². The van der Waals surface area contributed by atoms with Gasteiger partial charge in [-0.05, 0) is 43.9 Å². The van der Waals surface area contributed by atoms with Crippen molar-refractivity contribution in [2.75, 3.05) is 45.5 Å². The molecule has 1 N–H and O–H groups in total. The van der Waals surface area contributed by atoms with Crippen LogP contribution >= 0.6 is 0 Å². The number of methoxy groups -OCH3 is 1. The number of nitrogens with zero attached hydrogens (tertiary/aromatic N) is 8. The average Bonchev–Trinajstić information content (AvgIpc) is 3.65. The Bertz CT molecular complexity index is 1920. The van der Waals surface area contributed by atoms with E-state index in [-0.39, 0.29) is 12.6 Å². The second kappa shape index (κ2) is 10.7. The number of likely N-dealkylation sites (N-methyl/N-ethyl adjacent to an activating group) is 1. The van der Waals surface area contributed by atoms with Crippen LogP contribution in [0.2, 0.25) is 0 Å². The van der Waals surface area contributed by atoms with Gasteiger partial charge in [0.25, 0.3) is 0 Å². The molecule has 14 nitrogen and oxygen atoms in total. The van der Waals surface area contributed by atoms with Crippen molar-refractivity contribution >= 4 is 38.5 Å². The van der Waals surface area contributed by atoms with E-state index in [1.165, 1.54) is 12.0 Å². The number of benzene rings is 1. The lowest BCUT2D eigenvalue weighted by atomic mass is 10.1. The lowest BCUT2D eigenvalue weighted by molar-refractivity contribution is 0.123. The zero-order valence-electron chi connectivity index (χ0n) is 23.4. The minimum atomic E-state index is -3.38. The molecular formula is C27H29N9O5S. The first-order valence-electron chi connectivity index (χ1n) is 13.0. The Morgan fingerprint density at radius 3 is 2.79 bits per heavy atom. The van der Waals surface area contributed by atoms with Crippen molar-refractivity contribution in [3.05, 3.63) is 60.7 Å². The molecule has 15 heteroatoms. The number of pyridine rings is 1. The van der Waals surface area contributed by atoms with Crippen LogP contribution < -0.4 is 14.4 Å². The number of carbonyl (C=O) groups excluding carboxylic acids is 1. The van der Waals surface area contributed by atoms with Gasteiger partial charge in [0.05, 0.1) is 48.3 Å². The fraction of sp³-hybridized carbons (Fsp3) is 0.296. The number of ether oxygens (including phenoxy) is 2. The highest BCUT2D eigenvalue weighted by atomic mass is 32.2. The molecule has 0 saturated carbocycles. The summed E-state index contributed by atoms with van der Waals surface area (Å²) in [4.78, 5) is 25.6. The van der Waals surface area contributed by atoms with Gasteiger partial charge in [0.1, 0.15) is 17.5 Å². The van der Waals surface area contributed by atoms with Crippen LogP contribution in [0.15, 0.2) is 55.1 Å². The Morgan fingerprint density at radius 1 is 1.19 bits per heavy atom. The van der Waals surface area contributed by atoms with E-state index >= 15 is 0 Å². The molecule has 218 valence electrons. The average molecular weight is 592 g/mol. The van der Waals surface area contributed by atoms with Gasteiger partial charge < -0.3 is 14.4 Å². The maximum atomic E-state index is 13.0. The third-order valence-electron chi connectivity index (χ3n) is 6.81. The number of anilines is 1. The van der Waals surface area contributed by atoms with Crippen LogP contribution in [0.1, 0.15) is 5.56 Å². The number of aromatic nitrogens is 6. The van der Waals surface area contributed by atoms with E-state index in [1.807, 2.05) is 25.1 Å². The molecule has 1 saturated heterocycles. The Balaban J connectivity index is 1.49. The number of hydrogen-bond donors (Lipinski definition) is 1. The molecule has 0 aliphatic carbocycles. The van der Waals surface area contributed by atoms with E-state index in [0.717, 1.165) is 11.8 Å². The number of carbonyl (C=O) groups is 1. The molecule has 5 aromatic rings. The molecular weight excluding hydrogens is 562 g/mol. The van der Waals surface area contributed by atoms with E-state index < -0.39 is 16.1 Å². The van der Waals surface area contributed by atoms with Gasteiger partial charge in [-0.2, -0.15) is 5.10 Å². The fourth-order valence-corrected chi connectivity index (χ4v) is 5.38. The van der Waals surface area contributed by atoms with Crippen LogP contribution in [0.3, 0.4) is 0 Å². The second-order valence-corrected chi connectivity index (χ2v) is 12.1. The monoisotopic (exact) mass is 591 g/mol. The van der Waals surface area contributed by atoms with Gasteiger partial charge in [0.15, 0.2) is 11.5 Å². The van der Waals surface area contributed by atoms with Crippen LogP contribution in [-0.2, 0) is 21.3 Å². The molecule has 0 bridgehead atoms. The summed E-state index contributed by atoms with van der Waals surface area (Å²) < 4.78 is 40.4. The Morgan fingerprint density at radius 2 is 2.02 bits per heavy atom. The zero-order chi connectivity index (χ0) is 29.6. The summed E-state index contributed by atoms with van der Waals surface area (Å²) in [6, 6.07) is 8.99. The molecule has 1 aromatic carbocycles. The summed E-state index contributed by atoms with van der Waals surface area (Å²) in [5.41, 5.74) is 3.94. The van der Waals surface area contributed by atoms with Crippen molar-refractivity contribution in [3.63, 3.8) is 0 Å². The van der Waals surface area contributed by atoms with Crippen LogP contribution in [0.5, 0.6) is 5.75 Å². The zero-order valence-corrected chi connectivity index (χ0v) is 24.2. The molecule has 1 aliphatic rings. The first-order valence-corrected chi connectivity index (χ1v) is 14.9. The van der Waals surface area contributed by atoms with Crippen LogP contribution in [-0.4, -0.2) is 95.4 Å². The van der Waals surface area contributed by atoms with Gasteiger partial charge in [-0.25, -0.2) is 32.1 Å². The lowest BCUT2D eigenvalue weighted by Gasteiger charge is -2.14. The number of cyclic esters (lactones) is 1. The molecule has 6 rings (SSSR count). The van der Waals surface area contributed by atoms with Gasteiger partial charge in [-0.3, -0.25) is 9.88 Å². The number of fused-ring (bicyclic) bond motifs is 2. The molecule has 4 aromatic heterocycles. The summed E-state index contributed by atoms with van der Waals surface area (Å²) in [5.74, 6) is 0.863. The summed E-state index contributed by atoms with van der Waals surface area (Å²) in [7, 11) is 1.99. The molecule has 1 amide bonds. The number of rotatable bonds is 9. The van der Waals surface area contributed by atoms with Crippen LogP contribution in [0.4, 0.5) is 10.6 Å². The van der Waals surface area contributed by atoms with Gasteiger partial charge in [0.2, 0.25) is 10.0 Å².